The lowest BCUT2D eigenvalue weighted by molar-refractivity contribution is 0.0428. The third-order valence-corrected chi connectivity index (χ3v) is 8.08. The Balaban J connectivity index is 1.35. The highest BCUT2D eigenvalue weighted by molar-refractivity contribution is 6.07. The van der Waals surface area contributed by atoms with Crippen LogP contribution in [-0.4, -0.2) is 111 Å². The number of urea groups is 1. The maximum absolute atomic E-state index is 13.4. The lowest BCUT2D eigenvalue weighted by atomic mass is 9.86. The molecule has 0 bridgehead atoms. The van der Waals surface area contributed by atoms with Crippen molar-refractivity contribution in [3.05, 3.63) is 59.2 Å². The number of hydrogen-bond acceptors (Lipinski definition) is 6. The fraction of sp³-hybridized carbons (Fsp3) is 0.516. The molecule has 0 spiro atoms. The van der Waals surface area contributed by atoms with E-state index < -0.39 is 0 Å². The van der Waals surface area contributed by atoms with Gasteiger partial charge in [0.1, 0.15) is 0 Å². The van der Waals surface area contributed by atoms with Crippen molar-refractivity contribution in [3.8, 4) is 0 Å². The normalized spacial score (nSPS) is 18.3. The first-order valence-corrected chi connectivity index (χ1v) is 14.6. The smallest absolute Gasteiger partial charge is 0.320 e. The minimum atomic E-state index is -0.223. The van der Waals surface area contributed by atoms with E-state index in [1.807, 2.05) is 51.1 Å². The van der Waals surface area contributed by atoms with E-state index in [1.165, 1.54) is 0 Å². The van der Waals surface area contributed by atoms with Gasteiger partial charge in [0.2, 0.25) is 0 Å². The molecule has 41 heavy (non-hydrogen) atoms. The van der Waals surface area contributed by atoms with Crippen molar-refractivity contribution in [1.82, 2.24) is 20.0 Å². The Morgan fingerprint density at radius 1 is 0.756 bits per heavy atom. The second-order valence-corrected chi connectivity index (χ2v) is 11.9. The second-order valence-electron chi connectivity index (χ2n) is 11.9. The number of nitrogens with zero attached hydrogens (tertiary/aromatic N) is 4. The van der Waals surface area contributed by atoms with Crippen LogP contribution in [0.3, 0.4) is 0 Å². The second kappa shape index (κ2) is 12.5. The van der Waals surface area contributed by atoms with Gasteiger partial charge in [-0.2, -0.15) is 0 Å². The minimum absolute atomic E-state index is 0.00779. The number of carbonyl (C=O) groups excluding carboxylic acids is 3. The summed E-state index contributed by atoms with van der Waals surface area (Å²) in [5.41, 5.74) is 3.71. The Morgan fingerprint density at radius 2 is 1.37 bits per heavy atom. The number of nitrogens with one attached hydrogen (secondary N) is 2. The number of amides is 4. The van der Waals surface area contributed by atoms with Gasteiger partial charge in [-0.15, -0.1) is 0 Å². The molecule has 3 heterocycles. The molecule has 0 radical (unpaired) electrons. The molecular weight excluding hydrogens is 520 g/mol. The zero-order valence-electron chi connectivity index (χ0n) is 24.4. The highest BCUT2D eigenvalue weighted by Gasteiger charge is 2.28. The Hall–Kier alpha value is -3.63. The summed E-state index contributed by atoms with van der Waals surface area (Å²) >= 11 is 0. The van der Waals surface area contributed by atoms with Crippen LogP contribution in [0.4, 0.5) is 16.2 Å². The van der Waals surface area contributed by atoms with E-state index in [9.17, 15) is 14.4 Å². The Morgan fingerprint density at radius 3 is 2.00 bits per heavy atom. The number of rotatable bonds is 4. The summed E-state index contributed by atoms with van der Waals surface area (Å²) in [4.78, 5) is 47.5. The van der Waals surface area contributed by atoms with E-state index in [0.29, 0.717) is 82.4 Å². The molecule has 0 aromatic heterocycles. The molecule has 3 saturated heterocycles. The van der Waals surface area contributed by atoms with Crippen LogP contribution in [0.2, 0.25) is 0 Å². The fourth-order valence-corrected chi connectivity index (χ4v) is 5.50. The van der Waals surface area contributed by atoms with Gasteiger partial charge in [-0.1, -0.05) is 32.9 Å². The largest absolute Gasteiger partial charge is 0.378 e. The number of carbonyl (C=O) groups is 3. The van der Waals surface area contributed by atoms with Gasteiger partial charge in [-0.05, 0) is 41.3 Å². The van der Waals surface area contributed by atoms with Gasteiger partial charge in [0.25, 0.3) is 11.8 Å². The van der Waals surface area contributed by atoms with Crippen LogP contribution in [0, 0.1) is 0 Å². The highest BCUT2D eigenvalue weighted by atomic mass is 16.5. The molecule has 3 aliphatic heterocycles. The number of ether oxygens (including phenoxy) is 1. The highest BCUT2D eigenvalue weighted by Crippen LogP contribution is 2.30. The molecule has 0 saturated carbocycles. The van der Waals surface area contributed by atoms with Gasteiger partial charge in [-0.3, -0.25) is 9.59 Å². The predicted octanol–water partition coefficient (Wildman–Crippen LogP) is 2.86. The fourth-order valence-electron chi connectivity index (χ4n) is 5.50. The zero-order valence-corrected chi connectivity index (χ0v) is 24.4. The topological polar surface area (TPSA) is 97.5 Å². The number of hydrogen-bond donors (Lipinski definition) is 2. The van der Waals surface area contributed by atoms with Crippen LogP contribution in [0.25, 0.3) is 0 Å². The van der Waals surface area contributed by atoms with Crippen LogP contribution in [0.15, 0.2) is 42.5 Å². The van der Waals surface area contributed by atoms with Gasteiger partial charge in [-0.25, -0.2) is 4.79 Å². The van der Waals surface area contributed by atoms with Gasteiger partial charge in [0, 0.05) is 76.6 Å². The molecular formula is C31H42N6O4. The standard InChI is InChI=1S/C31H42N6O4/c1-31(2,3)25-7-4-23(5-8-25)28(38)33-26-22-24(29(39)35-12-10-32-11-13-35)6-9-27(26)34-14-16-36(17-15-34)30(40)37-18-20-41-21-19-37/h4-9,22,32H,10-21H2,1-3H3,(H,33,38). The van der Waals surface area contributed by atoms with Crippen molar-refractivity contribution in [2.45, 2.75) is 26.2 Å². The first kappa shape index (κ1) is 28.9. The molecule has 2 N–H and O–H groups in total. The molecule has 4 amide bonds. The first-order valence-electron chi connectivity index (χ1n) is 14.6. The molecule has 0 unspecified atom stereocenters. The Labute approximate surface area is 242 Å². The molecule has 2 aromatic rings. The number of benzene rings is 2. The summed E-state index contributed by atoms with van der Waals surface area (Å²) in [6.45, 7) is 14.1. The Kier molecular flexibility index (Phi) is 8.79. The van der Waals surface area contributed by atoms with E-state index in [1.54, 1.807) is 6.07 Å². The van der Waals surface area contributed by atoms with Crippen molar-refractivity contribution in [1.29, 1.82) is 0 Å². The molecule has 3 fully saturated rings. The summed E-state index contributed by atoms with van der Waals surface area (Å²) in [7, 11) is 0. The van der Waals surface area contributed by atoms with Gasteiger partial charge in [0.15, 0.2) is 0 Å². The average Bonchev–Trinajstić information content (AvgIpc) is 3.01. The third kappa shape index (κ3) is 6.82. The number of anilines is 2. The Bertz CT molecular complexity index is 1240. The lowest BCUT2D eigenvalue weighted by Gasteiger charge is -2.40. The quantitative estimate of drug-likeness (QED) is 0.595. The molecule has 2 aromatic carbocycles. The molecule has 3 aliphatic rings. The predicted molar refractivity (Wildman–Crippen MR) is 160 cm³/mol. The lowest BCUT2D eigenvalue weighted by Crippen LogP contribution is -2.55. The zero-order chi connectivity index (χ0) is 29.0. The van der Waals surface area contributed by atoms with Crippen LogP contribution in [0.1, 0.15) is 47.1 Å². The molecule has 5 rings (SSSR count). The van der Waals surface area contributed by atoms with Crippen LogP contribution in [0.5, 0.6) is 0 Å². The van der Waals surface area contributed by atoms with E-state index in [2.05, 4.69) is 36.3 Å². The average molecular weight is 563 g/mol. The van der Waals surface area contributed by atoms with Crippen molar-refractivity contribution in [2.24, 2.45) is 0 Å². The van der Waals surface area contributed by atoms with E-state index in [-0.39, 0.29) is 23.3 Å². The molecule has 10 heteroatoms. The van der Waals surface area contributed by atoms with Crippen LogP contribution in [-0.2, 0) is 10.2 Å². The molecule has 0 atom stereocenters. The maximum atomic E-state index is 13.4. The molecule has 10 nitrogen and oxygen atoms in total. The minimum Gasteiger partial charge on any atom is -0.378 e. The summed E-state index contributed by atoms with van der Waals surface area (Å²) in [5.74, 6) is -0.261. The van der Waals surface area contributed by atoms with Crippen molar-refractivity contribution < 1.29 is 19.1 Å². The first-order chi connectivity index (χ1) is 19.7. The van der Waals surface area contributed by atoms with Crippen LogP contribution >= 0.6 is 0 Å². The summed E-state index contributed by atoms with van der Waals surface area (Å²) < 4.78 is 5.39. The molecule has 0 aliphatic carbocycles. The SMILES string of the molecule is CC(C)(C)c1ccc(C(=O)Nc2cc(C(=O)N3CCNCC3)ccc2N2CCN(C(=O)N3CCOCC3)CC2)cc1. The van der Waals surface area contributed by atoms with Gasteiger partial charge < -0.3 is 35.0 Å². The summed E-state index contributed by atoms with van der Waals surface area (Å²) in [5, 5.41) is 6.38. The van der Waals surface area contributed by atoms with Gasteiger partial charge >= 0.3 is 6.03 Å². The van der Waals surface area contributed by atoms with Gasteiger partial charge in [0.05, 0.1) is 24.6 Å². The third-order valence-electron chi connectivity index (χ3n) is 8.08. The van der Waals surface area contributed by atoms with Crippen molar-refractivity contribution in [2.75, 3.05) is 88.9 Å². The van der Waals surface area contributed by atoms with E-state index in [4.69, 9.17) is 4.74 Å². The van der Waals surface area contributed by atoms with E-state index in [0.717, 1.165) is 24.3 Å². The van der Waals surface area contributed by atoms with E-state index >= 15 is 0 Å². The van der Waals surface area contributed by atoms with Crippen LogP contribution < -0.4 is 15.5 Å². The summed E-state index contributed by atoms with van der Waals surface area (Å²) in [6.07, 6.45) is 0. The summed E-state index contributed by atoms with van der Waals surface area (Å²) in [6, 6.07) is 13.3. The maximum Gasteiger partial charge on any atom is 0.320 e. The van der Waals surface area contributed by atoms with Crippen molar-refractivity contribution in [3.63, 3.8) is 0 Å². The number of piperazine rings is 2. The van der Waals surface area contributed by atoms with Crippen molar-refractivity contribution >= 4 is 29.2 Å². The number of morpholine rings is 1. The molecule has 220 valence electrons. The monoisotopic (exact) mass is 562 g/mol.